The van der Waals surface area contributed by atoms with E-state index in [0.717, 1.165) is 12.1 Å². The van der Waals surface area contributed by atoms with Crippen molar-refractivity contribution in [2.24, 2.45) is 10.7 Å². The normalized spacial score (nSPS) is 19.2. The fourth-order valence-corrected chi connectivity index (χ4v) is 1.86. The van der Waals surface area contributed by atoms with E-state index in [1.807, 2.05) is 0 Å². The van der Waals surface area contributed by atoms with E-state index in [1.165, 1.54) is 6.07 Å². The molecule has 2 rings (SSSR count). The Balaban J connectivity index is 2.01. The molecule has 0 unspecified atom stereocenters. The van der Waals surface area contributed by atoms with Crippen LogP contribution in [0.4, 0.5) is 17.6 Å². The quantitative estimate of drug-likeness (QED) is 0.862. The van der Waals surface area contributed by atoms with E-state index < -0.39 is 17.6 Å². The molecule has 1 aromatic carbocycles. The number of hydrogen-bond acceptors (Lipinski definition) is 3. The first-order chi connectivity index (χ1) is 8.86. The lowest BCUT2D eigenvalue weighted by Crippen LogP contribution is -2.11. The van der Waals surface area contributed by atoms with Crippen molar-refractivity contribution in [1.82, 2.24) is 0 Å². The minimum atomic E-state index is -4.67. The Morgan fingerprint density at radius 1 is 1.37 bits per heavy atom. The summed E-state index contributed by atoms with van der Waals surface area (Å²) in [6.45, 7) is 0.356. The molecular weight excluding hydrogens is 264 g/mol. The van der Waals surface area contributed by atoms with Gasteiger partial charge in [0.25, 0.3) is 6.02 Å². The number of halogens is 4. The SMILES string of the molecule is NC1=N[C@@H](CCc2ccc(C(F)(F)F)c(F)c2)CO1. The molecule has 0 fully saturated rings. The van der Waals surface area contributed by atoms with Crippen LogP contribution in [0.1, 0.15) is 17.5 Å². The number of aliphatic imine (C=N–C) groups is 1. The molecule has 0 spiro atoms. The van der Waals surface area contributed by atoms with Gasteiger partial charge in [0.05, 0.1) is 11.6 Å². The molecule has 1 aliphatic rings. The van der Waals surface area contributed by atoms with Crippen LogP contribution in [0, 0.1) is 5.82 Å². The molecule has 1 heterocycles. The average molecular weight is 276 g/mol. The monoisotopic (exact) mass is 276 g/mol. The molecule has 7 heteroatoms. The molecule has 0 saturated carbocycles. The van der Waals surface area contributed by atoms with Crippen molar-refractivity contribution in [2.45, 2.75) is 25.1 Å². The van der Waals surface area contributed by atoms with Gasteiger partial charge in [-0.25, -0.2) is 9.38 Å². The van der Waals surface area contributed by atoms with Crippen LogP contribution in [0.5, 0.6) is 0 Å². The highest BCUT2D eigenvalue weighted by molar-refractivity contribution is 5.72. The fraction of sp³-hybridized carbons (Fsp3) is 0.417. The molecule has 3 nitrogen and oxygen atoms in total. The number of nitrogens with two attached hydrogens (primary N) is 1. The number of ether oxygens (including phenoxy) is 1. The van der Waals surface area contributed by atoms with Crippen molar-refractivity contribution in [3.8, 4) is 0 Å². The number of alkyl halides is 3. The Labute approximate surface area is 107 Å². The summed E-state index contributed by atoms with van der Waals surface area (Å²) in [6, 6.07) is 2.93. The maximum absolute atomic E-state index is 13.3. The molecule has 0 bridgehead atoms. The largest absolute Gasteiger partial charge is 0.463 e. The highest BCUT2D eigenvalue weighted by atomic mass is 19.4. The number of rotatable bonds is 3. The molecule has 0 radical (unpaired) electrons. The van der Waals surface area contributed by atoms with Crippen LogP contribution in [0.25, 0.3) is 0 Å². The molecule has 0 saturated heterocycles. The third kappa shape index (κ3) is 3.36. The topological polar surface area (TPSA) is 47.6 Å². The van der Waals surface area contributed by atoms with Gasteiger partial charge in [-0.2, -0.15) is 13.2 Å². The van der Waals surface area contributed by atoms with Crippen LogP contribution in [0.2, 0.25) is 0 Å². The van der Waals surface area contributed by atoms with Gasteiger partial charge in [-0.1, -0.05) is 6.07 Å². The van der Waals surface area contributed by atoms with Crippen molar-refractivity contribution in [1.29, 1.82) is 0 Å². The van der Waals surface area contributed by atoms with Crippen LogP contribution in [-0.2, 0) is 17.3 Å². The lowest BCUT2D eigenvalue weighted by atomic mass is 10.0. The lowest BCUT2D eigenvalue weighted by molar-refractivity contribution is -0.140. The predicted octanol–water partition coefficient (Wildman–Crippen LogP) is 2.49. The summed E-state index contributed by atoms with van der Waals surface area (Å²) in [5.41, 5.74) is 4.57. The van der Waals surface area contributed by atoms with Crippen LogP contribution in [-0.4, -0.2) is 18.7 Å². The first-order valence-electron chi connectivity index (χ1n) is 5.68. The Bertz CT molecular complexity index is 499. The maximum Gasteiger partial charge on any atom is 0.419 e. The van der Waals surface area contributed by atoms with Gasteiger partial charge in [0.2, 0.25) is 0 Å². The molecule has 0 aromatic heterocycles. The second-order valence-electron chi connectivity index (χ2n) is 4.28. The summed E-state index contributed by atoms with van der Waals surface area (Å²) >= 11 is 0. The second kappa shape index (κ2) is 5.07. The van der Waals surface area contributed by atoms with E-state index in [1.54, 1.807) is 0 Å². The molecule has 104 valence electrons. The molecule has 1 aliphatic heterocycles. The maximum atomic E-state index is 13.3. The lowest BCUT2D eigenvalue weighted by Gasteiger charge is -2.10. The second-order valence-corrected chi connectivity index (χ2v) is 4.28. The van der Waals surface area contributed by atoms with Gasteiger partial charge in [-0.3, -0.25) is 0 Å². The number of amidine groups is 1. The first-order valence-corrected chi connectivity index (χ1v) is 5.68. The van der Waals surface area contributed by atoms with Crippen LogP contribution >= 0.6 is 0 Å². The van der Waals surface area contributed by atoms with E-state index in [9.17, 15) is 17.6 Å². The minimum absolute atomic E-state index is 0.114. The van der Waals surface area contributed by atoms with Crippen molar-refractivity contribution in [3.05, 3.63) is 35.1 Å². The van der Waals surface area contributed by atoms with E-state index in [4.69, 9.17) is 10.5 Å². The van der Waals surface area contributed by atoms with Crippen LogP contribution < -0.4 is 5.73 Å². The Kier molecular flexibility index (Phi) is 3.64. The summed E-state index contributed by atoms with van der Waals surface area (Å²) in [5, 5.41) is 0. The molecule has 1 atom stereocenters. The Morgan fingerprint density at radius 2 is 2.11 bits per heavy atom. The van der Waals surface area contributed by atoms with Crippen LogP contribution in [0.15, 0.2) is 23.2 Å². The van der Waals surface area contributed by atoms with E-state index >= 15 is 0 Å². The van der Waals surface area contributed by atoms with Crippen molar-refractivity contribution in [2.75, 3.05) is 6.61 Å². The minimum Gasteiger partial charge on any atom is -0.463 e. The number of aryl methyl sites for hydroxylation is 1. The standard InChI is InChI=1S/C12H12F4N2O/c13-10-5-7(2-4-9(10)12(14,15)16)1-3-8-6-19-11(17)18-8/h2,4-5,8H,1,3,6H2,(H2,17,18)/t8-/m0/s1. The predicted molar refractivity (Wildman–Crippen MR) is 61.1 cm³/mol. The third-order valence-electron chi connectivity index (χ3n) is 2.84. The summed E-state index contributed by atoms with van der Waals surface area (Å²) in [6.07, 6.45) is -3.70. The number of hydrogen-bond donors (Lipinski definition) is 1. The van der Waals surface area contributed by atoms with E-state index in [0.29, 0.717) is 25.0 Å². The summed E-state index contributed by atoms with van der Waals surface area (Å²) < 4.78 is 55.4. The van der Waals surface area contributed by atoms with Gasteiger partial charge in [0.1, 0.15) is 12.4 Å². The van der Waals surface area contributed by atoms with E-state index in [2.05, 4.69) is 4.99 Å². The molecule has 2 N–H and O–H groups in total. The van der Waals surface area contributed by atoms with Crippen molar-refractivity contribution in [3.63, 3.8) is 0 Å². The number of benzene rings is 1. The highest BCUT2D eigenvalue weighted by Gasteiger charge is 2.33. The first kappa shape index (κ1) is 13.6. The zero-order valence-corrected chi connectivity index (χ0v) is 9.88. The van der Waals surface area contributed by atoms with E-state index in [-0.39, 0.29) is 12.1 Å². The van der Waals surface area contributed by atoms with Crippen LogP contribution in [0.3, 0.4) is 0 Å². The molecule has 0 aliphatic carbocycles. The third-order valence-corrected chi connectivity index (χ3v) is 2.84. The van der Waals surface area contributed by atoms with Gasteiger partial charge < -0.3 is 10.5 Å². The van der Waals surface area contributed by atoms with Gasteiger partial charge in [-0.05, 0) is 30.5 Å². The summed E-state index contributed by atoms with van der Waals surface area (Å²) in [5.74, 6) is -1.25. The van der Waals surface area contributed by atoms with Crippen molar-refractivity contribution >= 4 is 6.02 Å². The number of nitrogens with zero attached hydrogens (tertiary/aromatic N) is 1. The van der Waals surface area contributed by atoms with Gasteiger partial charge >= 0.3 is 6.18 Å². The van der Waals surface area contributed by atoms with Gasteiger partial charge in [0.15, 0.2) is 0 Å². The van der Waals surface area contributed by atoms with Gasteiger partial charge in [-0.15, -0.1) is 0 Å². The van der Waals surface area contributed by atoms with Crippen molar-refractivity contribution < 1.29 is 22.3 Å². The molecular formula is C12H12F4N2O. The fourth-order valence-electron chi connectivity index (χ4n) is 1.86. The molecule has 0 amide bonds. The zero-order valence-electron chi connectivity index (χ0n) is 9.88. The Hall–Kier alpha value is -1.79. The smallest absolute Gasteiger partial charge is 0.419 e. The summed E-state index contributed by atoms with van der Waals surface area (Å²) in [4.78, 5) is 3.98. The average Bonchev–Trinajstić information content (AvgIpc) is 2.71. The highest BCUT2D eigenvalue weighted by Crippen LogP contribution is 2.31. The Morgan fingerprint density at radius 3 is 2.63 bits per heavy atom. The zero-order chi connectivity index (χ0) is 14.0. The molecule has 19 heavy (non-hydrogen) atoms. The molecule has 1 aromatic rings. The summed E-state index contributed by atoms with van der Waals surface area (Å²) in [7, 11) is 0. The van der Waals surface area contributed by atoms with Gasteiger partial charge in [0, 0.05) is 0 Å².